The number of ether oxygens (including phenoxy) is 1. The molecule has 1 spiro atoms. The van der Waals surface area contributed by atoms with E-state index >= 15 is 0 Å². The Hall–Kier alpha value is -0.590. The quantitative estimate of drug-likeness (QED) is 0.848. The third-order valence-electron chi connectivity index (χ3n) is 4.15. The molecule has 0 amide bonds. The van der Waals surface area contributed by atoms with Gasteiger partial charge in [0.15, 0.2) is 5.82 Å². The van der Waals surface area contributed by atoms with Gasteiger partial charge in [-0.2, -0.15) is 11.8 Å². The van der Waals surface area contributed by atoms with Crippen molar-refractivity contribution in [3.8, 4) is 0 Å². The maximum Gasteiger partial charge on any atom is 0.167 e. The van der Waals surface area contributed by atoms with Crippen molar-refractivity contribution < 1.29 is 4.74 Å². The summed E-state index contributed by atoms with van der Waals surface area (Å²) in [5.74, 6) is 3.15. The molecule has 1 aromatic heterocycles. The Morgan fingerprint density at radius 1 is 1.53 bits per heavy atom. The van der Waals surface area contributed by atoms with Crippen molar-refractivity contribution in [2.24, 2.45) is 5.73 Å². The zero-order valence-electron chi connectivity index (χ0n) is 10.9. The highest BCUT2D eigenvalue weighted by Crippen LogP contribution is 2.41. The van der Waals surface area contributed by atoms with Gasteiger partial charge in [0, 0.05) is 25.0 Å². The molecule has 19 heavy (non-hydrogen) atoms. The summed E-state index contributed by atoms with van der Waals surface area (Å²) in [5.41, 5.74) is 5.82. The van der Waals surface area contributed by atoms with Crippen LogP contribution in [0.25, 0.3) is 0 Å². The van der Waals surface area contributed by atoms with Gasteiger partial charge in [-0.1, -0.05) is 12.2 Å². The average molecular weight is 297 g/mol. The van der Waals surface area contributed by atoms with E-state index < -0.39 is 0 Å². The van der Waals surface area contributed by atoms with Crippen molar-refractivity contribution in [3.05, 3.63) is 18.2 Å². The fourth-order valence-corrected chi connectivity index (χ4v) is 4.52. The Labute approximate surface area is 123 Å². The van der Waals surface area contributed by atoms with Crippen molar-refractivity contribution in [1.82, 2.24) is 9.55 Å². The van der Waals surface area contributed by atoms with Gasteiger partial charge >= 0.3 is 0 Å². The summed E-state index contributed by atoms with van der Waals surface area (Å²) in [6.07, 6.45) is 8.17. The number of thioether (sulfide) groups is 1. The van der Waals surface area contributed by atoms with E-state index in [9.17, 15) is 0 Å². The molecule has 4 nitrogen and oxygen atoms in total. The van der Waals surface area contributed by atoms with E-state index in [1.165, 1.54) is 11.5 Å². The second kappa shape index (κ2) is 5.42. The summed E-state index contributed by atoms with van der Waals surface area (Å²) in [6.45, 7) is 0.824. The Morgan fingerprint density at radius 2 is 2.32 bits per heavy atom. The van der Waals surface area contributed by atoms with Gasteiger partial charge in [-0.05, 0) is 37.2 Å². The zero-order chi connectivity index (χ0) is 13.3. The largest absolute Gasteiger partial charge is 0.387 e. The number of hydrogen-bond donors (Lipinski definition) is 1. The van der Waals surface area contributed by atoms with Crippen LogP contribution in [0.5, 0.6) is 0 Å². The first-order chi connectivity index (χ1) is 9.20. The predicted molar refractivity (Wildman–Crippen MR) is 81.6 cm³/mol. The van der Waals surface area contributed by atoms with Crippen molar-refractivity contribution >= 4 is 29.0 Å². The molecule has 1 atom stereocenters. The third-order valence-corrected chi connectivity index (χ3v) is 5.32. The van der Waals surface area contributed by atoms with Crippen LogP contribution in [-0.2, 0) is 4.74 Å². The topological polar surface area (TPSA) is 53.1 Å². The van der Waals surface area contributed by atoms with E-state index in [2.05, 4.69) is 9.55 Å². The number of aromatic nitrogens is 2. The molecule has 2 aliphatic heterocycles. The first-order valence-corrected chi connectivity index (χ1v) is 8.31. The normalized spacial score (nSPS) is 26.4. The van der Waals surface area contributed by atoms with Gasteiger partial charge in [-0.25, -0.2) is 4.98 Å². The van der Waals surface area contributed by atoms with Gasteiger partial charge in [0.1, 0.15) is 4.99 Å². The third kappa shape index (κ3) is 2.66. The molecule has 2 saturated heterocycles. The number of thiocarbonyl (C=S) groups is 1. The molecule has 0 saturated carbocycles. The molecule has 0 aromatic carbocycles. The minimum absolute atomic E-state index is 0.0753. The number of nitrogens with zero attached hydrogens (tertiary/aromatic N) is 2. The molecule has 0 aliphatic carbocycles. The molecule has 0 radical (unpaired) electrons. The summed E-state index contributed by atoms with van der Waals surface area (Å²) in [4.78, 5) is 4.66. The molecular weight excluding hydrogens is 278 g/mol. The molecule has 104 valence electrons. The van der Waals surface area contributed by atoms with Crippen molar-refractivity contribution in [2.45, 2.75) is 37.3 Å². The SMILES string of the molecule is NC(=S)c1nccn1C1CCOC2(CCSCC2)C1. The van der Waals surface area contributed by atoms with Gasteiger partial charge < -0.3 is 15.0 Å². The van der Waals surface area contributed by atoms with E-state index in [0.717, 1.165) is 38.1 Å². The highest BCUT2D eigenvalue weighted by Gasteiger charge is 2.39. The van der Waals surface area contributed by atoms with Gasteiger partial charge in [0.25, 0.3) is 0 Å². The Morgan fingerprint density at radius 3 is 3.05 bits per heavy atom. The lowest BCUT2D eigenvalue weighted by Crippen LogP contribution is -2.43. The van der Waals surface area contributed by atoms with E-state index in [1.54, 1.807) is 6.20 Å². The highest BCUT2D eigenvalue weighted by molar-refractivity contribution is 7.99. The lowest BCUT2D eigenvalue weighted by molar-refractivity contribution is -0.0988. The number of imidazole rings is 1. The molecule has 0 bridgehead atoms. The second-order valence-corrected chi connectivity index (χ2v) is 6.98. The van der Waals surface area contributed by atoms with E-state index in [1.807, 2.05) is 18.0 Å². The summed E-state index contributed by atoms with van der Waals surface area (Å²) < 4.78 is 8.27. The molecule has 6 heteroatoms. The standard InChI is InChI=1S/C13H19N3OS2/c14-11(18)12-15-4-5-16(12)10-1-6-17-13(9-10)2-7-19-8-3-13/h4-5,10H,1-3,6-9H2,(H2,14,18). The summed E-state index contributed by atoms with van der Waals surface area (Å²) in [7, 11) is 0. The maximum atomic E-state index is 6.12. The maximum absolute atomic E-state index is 6.12. The van der Waals surface area contributed by atoms with Crippen LogP contribution < -0.4 is 5.73 Å². The zero-order valence-corrected chi connectivity index (χ0v) is 12.5. The van der Waals surface area contributed by atoms with E-state index in [4.69, 9.17) is 22.7 Å². The van der Waals surface area contributed by atoms with Crippen molar-refractivity contribution in [2.75, 3.05) is 18.1 Å². The van der Waals surface area contributed by atoms with Crippen LogP contribution in [0.4, 0.5) is 0 Å². The minimum atomic E-state index is 0.0753. The number of hydrogen-bond acceptors (Lipinski definition) is 4. The molecular formula is C13H19N3OS2. The first kappa shape index (κ1) is 13.4. The minimum Gasteiger partial charge on any atom is -0.387 e. The molecule has 2 aliphatic rings. The Bertz CT molecular complexity index is 463. The molecule has 1 aromatic rings. The lowest BCUT2D eigenvalue weighted by atomic mass is 9.85. The predicted octanol–water partition coefficient (Wildman–Crippen LogP) is 2.13. The van der Waals surface area contributed by atoms with E-state index in [0.29, 0.717) is 11.0 Å². The number of rotatable bonds is 2. The molecule has 2 fully saturated rings. The van der Waals surface area contributed by atoms with Crippen LogP contribution in [0.2, 0.25) is 0 Å². The average Bonchev–Trinajstić information content (AvgIpc) is 2.89. The lowest BCUT2D eigenvalue weighted by Gasteiger charge is -2.43. The van der Waals surface area contributed by atoms with Crippen molar-refractivity contribution in [3.63, 3.8) is 0 Å². The molecule has 3 heterocycles. The summed E-state index contributed by atoms with van der Waals surface area (Å²) in [5, 5.41) is 0. The fourth-order valence-electron chi connectivity index (χ4n) is 3.13. The van der Waals surface area contributed by atoms with Gasteiger partial charge in [0.2, 0.25) is 0 Å². The fraction of sp³-hybridized carbons (Fsp3) is 0.692. The van der Waals surface area contributed by atoms with Crippen LogP contribution in [0, 0.1) is 0 Å². The second-order valence-electron chi connectivity index (χ2n) is 5.31. The number of nitrogens with two attached hydrogens (primary N) is 1. The summed E-state index contributed by atoms with van der Waals surface area (Å²) >= 11 is 7.11. The highest BCUT2D eigenvalue weighted by atomic mass is 32.2. The summed E-state index contributed by atoms with van der Waals surface area (Å²) in [6, 6.07) is 0.413. The van der Waals surface area contributed by atoms with Gasteiger partial charge in [0.05, 0.1) is 5.60 Å². The van der Waals surface area contributed by atoms with E-state index in [-0.39, 0.29) is 5.60 Å². The Kier molecular flexibility index (Phi) is 3.82. The Balaban J connectivity index is 1.81. The van der Waals surface area contributed by atoms with Crippen molar-refractivity contribution in [1.29, 1.82) is 0 Å². The van der Waals surface area contributed by atoms with Crippen LogP contribution in [-0.4, -0.2) is 38.3 Å². The van der Waals surface area contributed by atoms with Crippen LogP contribution in [0.1, 0.15) is 37.5 Å². The molecule has 1 unspecified atom stereocenters. The van der Waals surface area contributed by atoms with Crippen LogP contribution in [0.3, 0.4) is 0 Å². The molecule has 2 N–H and O–H groups in total. The smallest absolute Gasteiger partial charge is 0.167 e. The van der Waals surface area contributed by atoms with Gasteiger partial charge in [-0.3, -0.25) is 0 Å². The first-order valence-electron chi connectivity index (χ1n) is 6.75. The van der Waals surface area contributed by atoms with Crippen LogP contribution >= 0.6 is 24.0 Å². The van der Waals surface area contributed by atoms with Gasteiger partial charge in [-0.15, -0.1) is 0 Å². The van der Waals surface area contributed by atoms with Crippen LogP contribution in [0.15, 0.2) is 12.4 Å². The molecule has 3 rings (SSSR count). The monoisotopic (exact) mass is 297 g/mol.